The van der Waals surface area contributed by atoms with E-state index < -0.39 is 12.2 Å². The first kappa shape index (κ1) is 55.7. The minimum atomic E-state index is -0.643. The van der Waals surface area contributed by atoms with Crippen LogP contribution in [-0.4, -0.2) is 134 Å². The molecule has 0 aliphatic rings. The molecule has 356 valence electrons. The molecule has 0 bridgehead atoms. The van der Waals surface area contributed by atoms with Crippen molar-refractivity contribution >= 4 is 22.8 Å². The van der Waals surface area contributed by atoms with E-state index in [0.717, 1.165) is 74.5 Å². The summed E-state index contributed by atoms with van der Waals surface area (Å²) in [5.74, 6) is 3.81. The molecule has 10 heteroatoms. The fourth-order valence-corrected chi connectivity index (χ4v) is 7.93. The fraction of sp³-hybridized carbons (Fsp3) is 0.698. The molecule has 0 fully saturated rings. The molecule has 0 aliphatic carbocycles. The van der Waals surface area contributed by atoms with Gasteiger partial charge in [-0.1, -0.05) is 93.5 Å². The van der Waals surface area contributed by atoms with E-state index >= 15 is 0 Å². The van der Waals surface area contributed by atoms with Crippen molar-refractivity contribution in [1.82, 2.24) is 9.80 Å². The van der Waals surface area contributed by atoms with Crippen LogP contribution < -0.4 is 9.47 Å². The van der Waals surface area contributed by atoms with Gasteiger partial charge in [-0.15, -0.1) is 0 Å². The number of ether oxygens (including phenoxy) is 2. The van der Waals surface area contributed by atoms with E-state index in [1.54, 1.807) is 0 Å². The van der Waals surface area contributed by atoms with Gasteiger partial charge < -0.3 is 19.7 Å². The van der Waals surface area contributed by atoms with E-state index in [1.165, 1.54) is 22.8 Å². The minimum Gasteiger partial charge on any atom is -0.491 e. The maximum Gasteiger partial charge on any atom is 0.119 e. The molecule has 0 heterocycles. The predicted octanol–water partition coefficient (Wildman–Crippen LogP) is 10.1. The summed E-state index contributed by atoms with van der Waals surface area (Å²) in [5, 5.41) is 22.1. The molecule has 0 saturated heterocycles. The van der Waals surface area contributed by atoms with Gasteiger partial charge in [0.15, 0.2) is 0 Å². The zero-order valence-electron chi connectivity index (χ0n) is 42.3. The average molecular weight is 875 g/mol. The SMILES string of the molecule is CC(CC(C)C)=NCCN(CCN=C(C)CC(C)C)CC(O)COc1ccc(C(C)(C)c2ccc(OCC(O)CN(CCN=C(C)CC(C)C)CCN=C(C)CC(C)C)cc2)cc1. The molecule has 10 nitrogen and oxygen atoms in total. The molecule has 0 aliphatic heterocycles. The molecule has 0 aromatic heterocycles. The Morgan fingerprint density at radius 2 is 0.730 bits per heavy atom. The average Bonchev–Trinajstić information content (AvgIpc) is 3.18. The second kappa shape index (κ2) is 29.9. The molecular formula is C53H90N6O4. The van der Waals surface area contributed by atoms with Crippen LogP contribution in [-0.2, 0) is 5.41 Å². The van der Waals surface area contributed by atoms with E-state index in [4.69, 9.17) is 29.4 Å². The lowest BCUT2D eigenvalue weighted by molar-refractivity contribution is 0.0701. The molecule has 2 aromatic carbocycles. The lowest BCUT2D eigenvalue weighted by atomic mass is 9.78. The zero-order chi connectivity index (χ0) is 47.0. The molecule has 2 rings (SSSR count). The Bertz CT molecular complexity index is 1480. The first-order valence-electron chi connectivity index (χ1n) is 24.0. The van der Waals surface area contributed by atoms with Gasteiger partial charge in [0.1, 0.15) is 36.9 Å². The highest BCUT2D eigenvalue weighted by Gasteiger charge is 2.24. The van der Waals surface area contributed by atoms with Gasteiger partial charge in [-0.3, -0.25) is 29.8 Å². The summed E-state index contributed by atoms with van der Waals surface area (Å²) in [4.78, 5) is 23.7. The Balaban J connectivity index is 1.98. The Morgan fingerprint density at radius 1 is 0.476 bits per heavy atom. The first-order chi connectivity index (χ1) is 29.7. The monoisotopic (exact) mass is 875 g/mol. The van der Waals surface area contributed by atoms with Crippen LogP contribution in [0.1, 0.15) is 134 Å². The molecule has 2 N–H and O–H groups in total. The fourth-order valence-electron chi connectivity index (χ4n) is 7.93. The van der Waals surface area contributed by atoms with Gasteiger partial charge in [0.25, 0.3) is 0 Å². The number of nitrogens with zero attached hydrogens (tertiary/aromatic N) is 6. The van der Waals surface area contributed by atoms with Gasteiger partial charge in [-0.25, -0.2) is 0 Å². The van der Waals surface area contributed by atoms with E-state index in [-0.39, 0.29) is 18.6 Å². The number of hydrogen-bond donors (Lipinski definition) is 2. The van der Waals surface area contributed by atoms with Gasteiger partial charge in [-0.05, 0) is 112 Å². The van der Waals surface area contributed by atoms with Gasteiger partial charge in [0.05, 0.1) is 26.2 Å². The molecule has 0 amide bonds. The van der Waals surface area contributed by atoms with Crippen molar-refractivity contribution < 1.29 is 19.7 Å². The Hall–Kier alpha value is -3.44. The highest BCUT2D eigenvalue weighted by Crippen LogP contribution is 2.33. The summed E-state index contributed by atoms with van der Waals surface area (Å²) in [6, 6.07) is 16.3. The first-order valence-corrected chi connectivity index (χ1v) is 24.0. The Morgan fingerprint density at radius 3 is 0.968 bits per heavy atom. The largest absolute Gasteiger partial charge is 0.491 e. The Labute approximate surface area is 384 Å². The van der Waals surface area contributed by atoms with Crippen LogP contribution in [0.25, 0.3) is 0 Å². The molecule has 63 heavy (non-hydrogen) atoms. The second-order valence-electron chi connectivity index (χ2n) is 20.1. The highest BCUT2D eigenvalue weighted by atomic mass is 16.5. The number of hydrogen-bond acceptors (Lipinski definition) is 10. The van der Waals surface area contributed by atoms with Crippen molar-refractivity contribution in [2.24, 2.45) is 43.6 Å². The van der Waals surface area contributed by atoms with Crippen LogP contribution in [0.5, 0.6) is 11.5 Å². The zero-order valence-corrected chi connectivity index (χ0v) is 42.3. The van der Waals surface area contributed by atoms with Gasteiger partial charge in [-0.2, -0.15) is 0 Å². The smallest absolute Gasteiger partial charge is 0.119 e. The van der Waals surface area contributed by atoms with Gasteiger partial charge in [0.2, 0.25) is 0 Å². The molecule has 0 radical (unpaired) electrons. The summed E-state index contributed by atoms with van der Waals surface area (Å²) < 4.78 is 12.2. The molecule has 2 aromatic rings. The van der Waals surface area contributed by atoms with Crippen LogP contribution in [0, 0.1) is 23.7 Å². The minimum absolute atomic E-state index is 0.206. The molecular weight excluding hydrogens is 785 g/mol. The number of benzene rings is 2. The standard InChI is InChI=1S/C53H90N6O4/c1-39(2)31-43(9)54-23-27-58(28-24-55-44(10)32-40(3)4)35-49(60)37-62-51-19-15-47(16-20-51)53(13,14)48-17-21-52(22-18-48)63-38-50(61)36-59(29-25-56-45(11)33-41(5)6)30-26-57-46(12)34-42(7)8/h15-22,39-42,49-50,60-61H,23-38H2,1-14H3. The number of aliphatic hydroxyl groups excluding tert-OH is 2. The summed E-state index contributed by atoms with van der Waals surface area (Å²) >= 11 is 0. The Kier molecular flexibility index (Phi) is 26.4. The quantitative estimate of drug-likeness (QED) is 0.0708. The number of aliphatic imine (C=N–C) groups is 4. The van der Waals surface area contributed by atoms with Crippen LogP contribution >= 0.6 is 0 Å². The third-order valence-corrected chi connectivity index (χ3v) is 11.0. The predicted molar refractivity (Wildman–Crippen MR) is 271 cm³/mol. The van der Waals surface area contributed by atoms with E-state index in [0.29, 0.717) is 62.9 Å². The lowest BCUT2D eigenvalue weighted by Crippen LogP contribution is -2.38. The maximum absolute atomic E-state index is 11.1. The summed E-state index contributed by atoms with van der Waals surface area (Å²) in [5.41, 5.74) is 6.74. The van der Waals surface area contributed by atoms with Crippen LogP contribution in [0.4, 0.5) is 0 Å². The van der Waals surface area contributed by atoms with E-state index in [1.807, 2.05) is 24.3 Å². The summed E-state index contributed by atoms with van der Waals surface area (Å²) in [6.07, 6.45) is 2.73. The van der Waals surface area contributed by atoms with Crippen LogP contribution in [0.3, 0.4) is 0 Å². The number of rotatable bonds is 32. The van der Waals surface area contributed by atoms with Crippen LogP contribution in [0.15, 0.2) is 68.5 Å². The number of aliphatic hydroxyl groups is 2. The normalized spacial score (nSPS) is 14.6. The van der Waals surface area contributed by atoms with Crippen molar-refractivity contribution in [3.63, 3.8) is 0 Å². The topological polar surface area (TPSA) is 115 Å². The maximum atomic E-state index is 11.1. The van der Waals surface area contributed by atoms with Crippen molar-refractivity contribution in [3.05, 3.63) is 59.7 Å². The van der Waals surface area contributed by atoms with Crippen molar-refractivity contribution in [1.29, 1.82) is 0 Å². The molecule has 2 atom stereocenters. The van der Waals surface area contributed by atoms with Crippen molar-refractivity contribution in [2.45, 2.75) is 140 Å². The van der Waals surface area contributed by atoms with E-state index in [9.17, 15) is 10.2 Å². The molecule has 2 unspecified atom stereocenters. The second-order valence-corrected chi connectivity index (χ2v) is 20.1. The van der Waals surface area contributed by atoms with E-state index in [2.05, 4.69) is 131 Å². The third kappa shape index (κ3) is 25.0. The molecule has 0 spiro atoms. The third-order valence-electron chi connectivity index (χ3n) is 11.0. The van der Waals surface area contributed by atoms with Gasteiger partial charge >= 0.3 is 0 Å². The van der Waals surface area contributed by atoms with Crippen molar-refractivity contribution in [2.75, 3.05) is 78.7 Å². The highest BCUT2D eigenvalue weighted by molar-refractivity contribution is 5.83. The van der Waals surface area contributed by atoms with Crippen molar-refractivity contribution in [3.8, 4) is 11.5 Å². The summed E-state index contributed by atoms with van der Waals surface area (Å²) in [6.45, 7) is 37.9. The lowest BCUT2D eigenvalue weighted by Gasteiger charge is -2.27. The summed E-state index contributed by atoms with van der Waals surface area (Å²) in [7, 11) is 0. The van der Waals surface area contributed by atoms with Crippen LogP contribution in [0.2, 0.25) is 0 Å². The van der Waals surface area contributed by atoms with Gasteiger partial charge in [0, 0.05) is 67.5 Å². The molecule has 0 saturated carbocycles.